The van der Waals surface area contributed by atoms with Crippen molar-refractivity contribution >= 4 is 46.1 Å². The summed E-state index contributed by atoms with van der Waals surface area (Å²) in [6.07, 6.45) is 0.729. The maximum Gasteiger partial charge on any atom is 0.265 e. The van der Waals surface area contributed by atoms with Gasteiger partial charge in [-0.15, -0.1) is 11.3 Å². The summed E-state index contributed by atoms with van der Waals surface area (Å²) in [6.45, 7) is 0.266. The van der Waals surface area contributed by atoms with Crippen LogP contribution in [-0.4, -0.2) is 50.8 Å². The van der Waals surface area contributed by atoms with Gasteiger partial charge in [-0.25, -0.2) is 4.98 Å². The van der Waals surface area contributed by atoms with Gasteiger partial charge in [0.25, 0.3) is 5.91 Å². The van der Waals surface area contributed by atoms with Gasteiger partial charge in [0.2, 0.25) is 5.91 Å². The van der Waals surface area contributed by atoms with Gasteiger partial charge < -0.3 is 19.5 Å². The molecule has 0 spiro atoms. The van der Waals surface area contributed by atoms with Crippen LogP contribution < -0.4 is 19.7 Å². The summed E-state index contributed by atoms with van der Waals surface area (Å²) in [4.78, 5) is 31.5. The number of fused-ring (bicyclic) bond motifs is 1. The number of anilines is 2. The van der Waals surface area contributed by atoms with E-state index in [1.807, 2.05) is 17.5 Å². The Bertz CT molecular complexity index is 1180. The van der Waals surface area contributed by atoms with Crippen molar-refractivity contribution in [2.24, 2.45) is 0 Å². The number of nitrogens with one attached hydrogen (secondary N) is 1. The van der Waals surface area contributed by atoms with Crippen molar-refractivity contribution in [1.29, 1.82) is 0 Å². The fourth-order valence-corrected chi connectivity index (χ4v) is 4.35. The van der Waals surface area contributed by atoms with Crippen LogP contribution in [0, 0.1) is 0 Å². The minimum Gasteiger partial charge on any atom is -0.495 e. The number of benzene rings is 2. The third-order valence-corrected chi connectivity index (χ3v) is 6.15. The van der Waals surface area contributed by atoms with Gasteiger partial charge in [-0.2, -0.15) is 0 Å². The van der Waals surface area contributed by atoms with E-state index in [4.69, 9.17) is 25.8 Å². The summed E-state index contributed by atoms with van der Waals surface area (Å²) in [5.74, 6) is 0.294. The van der Waals surface area contributed by atoms with E-state index in [2.05, 4.69) is 10.3 Å². The third-order valence-electron chi connectivity index (χ3n) is 5.01. The lowest BCUT2D eigenvalue weighted by Crippen LogP contribution is -2.43. The first kappa shape index (κ1) is 23.0. The molecule has 1 aliphatic heterocycles. The molecule has 1 aliphatic rings. The van der Waals surface area contributed by atoms with Crippen LogP contribution in [0.5, 0.6) is 11.5 Å². The van der Waals surface area contributed by atoms with Crippen LogP contribution in [0.2, 0.25) is 5.02 Å². The largest absolute Gasteiger partial charge is 0.495 e. The van der Waals surface area contributed by atoms with Gasteiger partial charge in [0, 0.05) is 29.5 Å². The minimum atomic E-state index is -0.391. The first-order valence-electron chi connectivity index (χ1n) is 10.1. The molecule has 0 fully saturated rings. The monoisotopic (exact) mass is 487 g/mol. The highest BCUT2D eigenvalue weighted by Crippen LogP contribution is 2.36. The van der Waals surface area contributed by atoms with Gasteiger partial charge in [-0.1, -0.05) is 11.6 Å². The SMILES string of the molecule is COCCc1nc(-c2ccc3c(c2)N(CC(=O)Nc2cc(Cl)ccc2OC)C(=O)CO3)cs1. The van der Waals surface area contributed by atoms with E-state index in [0.29, 0.717) is 34.5 Å². The summed E-state index contributed by atoms with van der Waals surface area (Å²) in [5.41, 5.74) is 2.56. The highest BCUT2D eigenvalue weighted by molar-refractivity contribution is 7.09. The zero-order chi connectivity index (χ0) is 23.4. The van der Waals surface area contributed by atoms with E-state index in [-0.39, 0.29) is 19.1 Å². The zero-order valence-electron chi connectivity index (χ0n) is 18.1. The predicted molar refractivity (Wildman–Crippen MR) is 128 cm³/mol. The van der Waals surface area contributed by atoms with Crippen molar-refractivity contribution in [2.45, 2.75) is 6.42 Å². The Labute approximate surface area is 200 Å². The third kappa shape index (κ3) is 5.27. The molecule has 0 atom stereocenters. The maximum atomic E-state index is 12.8. The van der Waals surface area contributed by atoms with E-state index in [1.165, 1.54) is 12.0 Å². The topological polar surface area (TPSA) is 90.0 Å². The molecule has 0 aliphatic carbocycles. The number of halogens is 1. The molecule has 0 saturated carbocycles. The molecule has 0 bridgehead atoms. The summed E-state index contributed by atoms with van der Waals surface area (Å²) in [5, 5.41) is 6.14. The Morgan fingerprint density at radius 3 is 2.91 bits per heavy atom. The molecular formula is C23H22ClN3O5S. The van der Waals surface area contributed by atoms with Gasteiger partial charge in [-0.3, -0.25) is 14.5 Å². The van der Waals surface area contributed by atoms with Crippen LogP contribution in [0.3, 0.4) is 0 Å². The second-order valence-electron chi connectivity index (χ2n) is 7.21. The molecule has 2 aromatic carbocycles. The van der Waals surface area contributed by atoms with Crippen LogP contribution in [-0.2, 0) is 20.7 Å². The van der Waals surface area contributed by atoms with E-state index in [1.54, 1.807) is 42.7 Å². The van der Waals surface area contributed by atoms with Crippen LogP contribution in [0.25, 0.3) is 11.3 Å². The minimum absolute atomic E-state index is 0.141. The van der Waals surface area contributed by atoms with Crippen molar-refractivity contribution in [1.82, 2.24) is 4.98 Å². The second-order valence-corrected chi connectivity index (χ2v) is 8.59. The van der Waals surface area contributed by atoms with Crippen LogP contribution in [0.1, 0.15) is 5.01 Å². The molecule has 1 aromatic heterocycles. The molecule has 2 heterocycles. The normalized spacial score (nSPS) is 12.8. The number of ether oxygens (including phenoxy) is 3. The van der Waals surface area contributed by atoms with E-state index >= 15 is 0 Å². The average molecular weight is 488 g/mol. The Hall–Kier alpha value is -3.14. The molecule has 4 rings (SSSR count). The van der Waals surface area contributed by atoms with Crippen LogP contribution in [0.4, 0.5) is 11.4 Å². The molecule has 172 valence electrons. The average Bonchev–Trinajstić information content (AvgIpc) is 3.28. The molecule has 33 heavy (non-hydrogen) atoms. The van der Waals surface area contributed by atoms with E-state index < -0.39 is 5.91 Å². The molecule has 0 radical (unpaired) electrons. The fraction of sp³-hybridized carbons (Fsp3) is 0.261. The number of carbonyl (C=O) groups excluding carboxylic acids is 2. The molecular weight excluding hydrogens is 466 g/mol. The molecule has 8 nitrogen and oxygen atoms in total. The highest BCUT2D eigenvalue weighted by atomic mass is 35.5. The summed E-state index contributed by atoms with van der Waals surface area (Å²) >= 11 is 7.59. The number of methoxy groups -OCH3 is 2. The fourth-order valence-electron chi connectivity index (χ4n) is 3.39. The predicted octanol–water partition coefficient (Wildman–Crippen LogP) is 4.03. The van der Waals surface area contributed by atoms with Gasteiger partial charge in [0.05, 0.1) is 35.8 Å². The smallest absolute Gasteiger partial charge is 0.265 e. The number of aromatic nitrogens is 1. The van der Waals surface area contributed by atoms with E-state index in [9.17, 15) is 9.59 Å². The Morgan fingerprint density at radius 2 is 2.12 bits per heavy atom. The van der Waals surface area contributed by atoms with Crippen molar-refractivity contribution in [3.05, 3.63) is 51.8 Å². The van der Waals surface area contributed by atoms with Crippen molar-refractivity contribution in [3.8, 4) is 22.8 Å². The van der Waals surface area contributed by atoms with Gasteiger partial charge >= 0.3 is 0 Å². The molecule has 2 amide bonds. The standard InChI is InChI=1S/C23H22ClN3O5S/c1-30-8-7-22-26-17(13-33-22)14-3-5-20-18(9-14)27(23(29)12-32-20)11-21(28)25-16-10-15(24)4-6-19(16)31-2/h3-6,9-10,13H,7-8,11-12H2,1-2H3,(H,25,28). The molecule has 3 aromatic rings. The maximum absolute atomic E-state index is 12.8. The van der Waals surface area contributed by atoms with Crippen LogP contribution >= 0.6 is 22.9 Å². The number of nitrogens with zero attached hydrogens (tertiary/aromatic N) is 2. The second kappa shape index (κ2) is 10.2. The molecule has 0 saturated heterocycles. The Morgan fingerprint density at radius 1 is 1.27 bits per heavy atom. The van der Waals surface area contributed by atoms with Gasteiger partial charge in [-0.05, 0) is 36.4 Å². The number of hydrogen-bond acceptors (Lipinski definition) is 7. The zero-order valence-corrected chi connectivity index (χ0v) is 19.7. The van der Waals surface area contributed by atoms with Crippen LogP contribution in [0.15, 0.2) is 41.8 Å². The Kier molecular flexibility index (Phi) is 7.12. The molecule has 0 unspecified atom stereocenters. The lowest BCUT2D eigenvalue weighted by molar-refractivity contribution is -0.123. The lowest BCUT2D eigenvalue weighted by Gasteiger charge is -2.29. The van der Waals surface area contributed by atoms with Crippen molar-refractivity contribution in [2.75, 3.05) is 44.2 Å². The molecule has 10 heteroatoms. The summed E-state index contributed by atoms with van der Waals surface area (Å²) < 4.78 is 16.0. The number of amides is 2. The number of carbonyl (C=O) groups is 2. The quantitative estimate of drug-likeness (QED) is 0.516. The molecule has 1 N–H and O–H groups in total. The number of rotatable bonds is 8. The van der Waals surface area contributed by atoms with E-state index in [0.717, 1.165) is 22.7 Å². The van der Waals surface area contributed by atoms with Gasteiger partial charge in [0.15, 0.2) is 6.61 Å². The van der Waals surface area contributed by atoms with Gasteiger partial charge in [0.1, 0.15) is 18.0 Å². The Balaban J connectivity index is 1.56. The highest BCUT2D eigenvalue weighted by Gasteiger charge is 2.28. The number of thiazole rings is 1. The number of hydrogen-bond donors (Lipinski definition) is 1. The first-order valence-corrected chi connectivity index (χ1v) is 11.4. The van der Waals surface area contributed by atoms with Crippen molar-refractivity contribution < 1.29 is 23.8 Å². The van der Waals surface area contributed by atoms with Crippen molar-refractivity contribution in [3.63, 3.8) is 0 Å². The summed E-state index contributed by atoms with van der Waals surface area (Å²) in [7, 11) is 3.16. The lowest BCUT2D eigenvalue weighted by atomic mass is 10.1. The first-order chi connectivity index (χ1) is 16.0. The summed E-state index contributed by atoms with van der Waals surface area (Å²) in [6, 6.07) is 10.4.